The average molecular weight is 394 g/mol. The summed E-state index contributed by atoms with van der Waals surface area (Å²) in [7, 11) is 0. The minimum Gasteiger partial charge on any atom is -0.484 e. The molecule has 2 aromatic rings. The molecule has 0 bridgehead atoms. The van der Waals surface area contributed by atoms with Crippen LogP contribution in [0.4, 0.5) is 19.1 Å². The van der Waals surface area contributed by atoms with Gasteiger partial charge in [0.15, 0.2) is 6.61 Å². The molecule has 1 aromatic carbocycles. The summed E-state index contributed by atoms with van der Waals surface area (Å²) >= 11 is 0. The van der Waals surface area contributed by atoms with Crippen molar-refractivity contribution in [3.63, 3.8) is 0 Å². The molecule has 2 heterocycles. The maximum atomic E-state index is 12.5. The van der Waals surface area contributed by atoms with E-state index in [-0.39, 0.29) is 17.6 Å². The second-order valence-electron chi connectivity index (χ2n) is 6.60. The van der Waals surface area contributed by atoms with Crippen LogP contribution in [0.3, 0.4) is 0 Å². The van der Waals surface area contributed by atoms with Gasteiger partial charge in [0.05, 0.1) is 5.92 Å². The summed E-state index contributed by atoms with van der Waals surface area (Å²) in [6, 6.07) is 7.94. The molecule has 1 amide bonds. The van der Waals surface area contributed by atoms with Gasteiger partial charge in [0.25, 0.3) is 0 Å². The van der Waals surface area contributed by atoms with E-state index in [9.17, 15) is 18.0 Å². The maximum Gasteiger partial charge on any atom is 0.422 e. The highest BCUT2D eigenvalue weighted by atomic mass is 19.4. The molecule has 1 aromatic heterocycles. The van der Waals surface area contributed by atoms with Gasteiger partial charge in [-0.1, -0.05) is 12.1 Å². The van der Waals surface area contributed by atoms with Crippen molar-refractivity contribution >= 4 is 11.9 Å². The molecule has 9 heteroatoms. The standard InChI is InChI=1S/C19H21F3N4O2/c20-19(21,22)13-28-16-6-4-14(5-7-16)11-25-17(27)15-3-1-10-26(12-15)18-23-8-2-9-24-18/h2,4-9,15H,1,3,10-13H2,(H,25,27). The first-order chi connectivity index (χ1) is 13.4. The number of hydrogen-bond acceptors (Lipinski definition) is 5. The van der Waals surface area contributed by atoms with Crippen LogP contribution in [0.15, 0.2) is 42.7 Å². The number of carbonyl (C=O) groups excluding carboxylic acids is 1. The van der Waals surface area contributed by atoms with E-state index in [4.69, 9.17) is 0 Å². The van der Waals surface area contributed by atoms with Crippen LogP contribution < -0.4 is 15.0 Å². The molecule has 1 saturated heterocycles. The fraction of sp³-hybridized carbons (Fsp3) is 0.421. The Kier molecular flexibility index (Phi) is 6.33. The van der Waals surface area contributed by atoms with Crippen molar-refractivity contribution < 1.29 is 22.7 Å². The Morgan fingerprint density at radius 2 is 1.93 bits per heavy atom. The topological polar surface area (TPSA) is 67.3 Å². The van der Waals surface area contributed by atoms with E-state index in [1.807, 2.05) is 4.90 Å². The fourth-order valence-corrected chi connectivity index (χ4v) is 3.03. The number of halogens is 3. The number of nitrogens with zero attached hydrogens (tertiary/aromatic N) is 3. The number of benzene rings is 1. The number of piperidine rings is 1. The van der Waals surface area contributed by atoms with E-state index in [1.165, 1.54) is 12.1 Å². The van der Waals surface area contributed by atoms with Crippen LogP contribution in [0.2, 0.25) is 0 Å². The number of alkyl halides is 3. The van der Waals surface area contributed by atoms with Crippen LogP contribution in [0, 0.1) is 5.92 Å². The van der Waals surface area contributed by atoms with Crippen molar-refractivity contribution in [1.29, 1.82) is 0 Å². The van der Waals surface area contributed by atoms with Gasteiger partial charge in [-0.2, -0.15) is 13.2 Å². The molecule has 1 aliphatic rings. The van der Waals surface area contributed by atoms with Gasteiger partial charge in [0.1, 0.15) is 5.75 Å². The molecular formula is C19H21F3N4O2. The number of nitrogens with one attached hydrogen (secondary N) is 1. The molecule has 6 nitrogen and oxygen atoms in total. The lowest BCUT2D eigenvalue weighted by Gasteiger charge is -2.31. The summed E-state index contributed by atoms with van der Waals surface area (Å²) in [6.07, 6.45) is 0.647. The second-order valence-corrected chi connectivity index (χ2v) is 6.60. The lowest BCUT2D eigenvalue weighted by Crippen LogP contribution is -2.43. The summed E-state index contributed by atoms with van der Waals surface area (Å²) < 4.78 is 41.1. The number of rotatable bonds is 6. The lowest BCUT2D eigenvalue weighted by molar-refractivity contribution is -0.153. The SMILES string of the molecule is O=C(NCc1ccc(OCC(F)(F)F)cc1)C1CCCN(c2ncccn2)C1. The lowest BCUT2D eigenvalue weighted by atomic mass is 9.97. The third-order valence-electron chi connectivity index (χ3n) is 4.42. The van der Waals surface area contributed by atoms with E-state index in [0.29, 0.717) is 19.0 Å². The summed E-state index contributed by atoms with van der Waals surface area (Å²) in [5, 5.41) is 2.89. The second kappa shape index (κ2) is 8.90. The predicted molar refractivity (Wildman–Crippen MR) is 96.8 cm³/mol. The summed E-state index contributed by atoms with van der Waals surface area (Å²) in [6.45, 7) is 0.344. The quantitative estimate of drug-likeness (QED) is 0.816. The van der Waals surface area contributed by atoms with Crippen LogP contribution in [0.1, 0.15) is 18.4 Å². The van der Waals surface area contributed by atoms with Crippen LogP contribution in [-0.2, 0) is 11.3 Å². The smallest absolute Gasteiger partial charge is 0.422 e. The average Bonchev–Trinajstić information content (AvgIpc) is 2.71. The Hall–Kier alpha value is -2.84. The molecule has 3 rings (SSSR count). The van der Waals surface area contributed by atoms with Crippen LogP contribution in [-0.4, -0.2) is 41.7 Å². The minimum atomic E-state index is -4.37. The number of amides is 1. The Labute approximate surface area is 160 Å². The monoisotopic (exact) mass is 394 g/mol. The number of anilines is 1. The van der Waals surface area contributed by atoms with Crippen molar-refractivity contribution in [1.82, 2.24) is 15.3 Å². The van der Waals surface area contributed by atoms with E-state index < -0.39 is 12.8 Å². The molecule has 150 valence electrons. The predicted octanol–water partition coefficient (Wildman–Crippen LogP) is 2.95. The maximum absolute atomic E-state index is 12.5. The molecular weight excluding hydrogens is 373 g/mol. The zero-order valence-corrected chi connectivity index (χ0v) is 15.2. The molecule has 1 N–H and O–H groups in total. The van der Waals surface area contributed by atoms with Gasteiger partial charge in [0.2, 0.25) is 11.9 Å². The van der Waals surface area contributed by atoms with Gasteiger partial charge in [-0.05, 0) is 36.6 Å². The van der Waals surface area contributed by atoms with Crippen molar-refractivity contribution in [3.05, 3.63) is 48.3 Å². The number of carbonyl (C=O) groups is 1. The molecule has 28 heavy (non-hydrogen) atoms. The van der Waals surface area contributed by atoms with Crippen molar-refractivity contribution in [2.45, 2.75) is 25.6 Å². The summed E-state index contributed by atoms with van der Waals surface area (Å²) in [4.78, 5) is 23.0. The van der Waals surface area contributed by atoms with Gasteiger partial charge in [-0.25, -0.2) is 9.97 Å². The summed E-state index contributed by atoms with van der Waals surface area (Å²) in [5.41, 5.74) is 0.784. The molecule has 0 radical (unpaired) electrons. The van der Waals surface area contributed by atoms with Crippen LogP contribution >= 0.6 is 0 Å². The molecule has 0 aliphatic carbocycles. The zero-order chi connectivity index (χ0) is 20.0. The molecule has 0 spiro atoms. The van der Waals surface area contributed by atoms with Gasteiger partial charge in [-0.3, -0.25) is 4.79 Å². The first-order valence-electron chi connectivity index (χ1n) is 8.99. The Bertz CT molecular complexity index is 769. The molecule has 1 unspecified atom stereocenters. The Morgan fingerprint density at radius 1 is 1.21 bits per heavy atom. The first kappa shape index (κ1) is 19.9. The third kappa shape index (κ3) is 5.83. The highest BCUT2D eigenvalue weighted by Crippen LogP contribution is 2.21. The van der Waals surface area contributed by atoms with E-state index in [2.05, 4.69) is 20.0 Å². The van der Waals surface area contributed by atoms with E-state index in [0.717, 1.165) is 24.9 Å². The molecule has 1 fully saturated rings. The highest BCUT2D eigenvalue weighted by Gasteiger charge is 2.28. The largest absolute Gasteiger partial charge is 0.484 e. The molecule has 0 saturated carbocycles. The Morgan fingerprint density at radius 3 is 2.61 bits per heavy atom. The van der Waals surface area contributed by atoms with Gasteiger partial charge in [-0.15, -0.1) is 0 Å². The molecule has 1 atom stereocenters. The molecule has 1 aliphatic heterocycles. The normalized spacial score (nSPS) is 17.2. The minimum absolute atomic E-state index is 0.0574. The highest BCUT2D eigenvalue weighted by molar-refractivity contribution is 5.79. The van der Waals surface area contributed by atoms with Crippen LogP contribution in [0.25, 0.3) is 0 Å². The van der Waals surface area contributed by atoms with Crippen molar-refractivity contribution in [2.75, 3.05) is 24.6 Å². The zero-order valence-electron chi connectivity index (χ0n) is 15.2. The van der Waals surface area contributed by atoms with Gasteiger partial charge < -0.3 is 15.0 Å². The Balaban J connectivity index is 1.48. The number of aromatic nitrogens is 2. The number of hydrogen-bond donors (Lipinski definition) is 1. The van der Waals surface area contributed by atoms with Crippen molar-refractivity contribution in [3.8, 4) is 5.75 Å². The van der Waals surface area contributed by atoms with Crippen LogP contribution in [0.5, 0.6) is 5.75 Å². The third-order valence-corrected chi connectivity index (χ3v) is 4.42. The van der Waals surface area contributed by atoms with E-state index in [1.54, 1.807) is 30.6 Å². The summed E-state index contributed by atoms with van der Waals surface area (Å²) in [5.74, 6) is 0.539. The van der Waals surface area contributed by atoms with Crippen molar-refractivity contribution in [2.24, 2.45) is 5.92 Å². The van der Waals surface area contributed by atoms with Gasteiger partial charge in [0, 0.05) is 32.0 Å². The number of ether oxygens (including phenoxy) is 1. The van der Waals surface area contributed by atoms with E-state index >= 15 is 0 Å². The van der Waals surface area contributed by atoms with Gasteiger partial charge >= 0.3 is 6.18 Å². The first-order valence-corrected chi connectivity index (χ1v) is 8.99. The fourth-order valence-electron chi connectivity index (χ4n) is 3.03.